The number of hydrogen-bond donors (Lipinski definition) is 1. The van der Waals surface area contributed by atoms with Crippen molar-refractivity contribution in [2.45, 2.75) is 6.92 Å². The zero-order valence-electron chi connectivity index (χ0n) is 14.8. The van der Waals surface area contributed by atoms with Crippen molar-refractivity contribution in [2.24, 2.45) is 0 Å². The minimum absolute atomic E-state index is 0.178. The van der Waals surface area contributed by atoms with Gasteiger partial charge in [-0.3, -0.25) is 4.79 Å². The van der Waals surface area contributed by atoms with Crippen molar-refractivity contribution in [3.63, 3.8) is 0 Å². The average Bonchev–Trinajstić information content (AvgIpc) is 3.09. The van der Waals surface area contributed by atoms with Crippen molar-refractivity contribution in [2.75, 3.05) is 25.6 Å². The molecule has 0 bridgehead atoms. The van der Waals surface area contributed by atoms with Gasteiger partial charge in [0.05, 0.1) is 18.5 Å². The number of amides is 1. The van der Waals surface area contributed by atoms with Crippen LogP contribution in [0.1, 0.15) is 15.9 Å². The first-order chi connectivity index (χ1) is 12.7. The smallest absolute Gasteiger partial charge is 0.255 e. The molecule has 1 aromatic heterocycles. The number of carbonyl (C=O) groups excluding carboxylic acids is 1. The third-order valence-corrected chi connectivity index (χ3v) is 3.75. The molecule has 3 aromatic rings. The number of ether oxygens (including phenoxy) is 2. The Morgan fingerprint density at radius 3 is 2.65 bits per heavy atom. The SMILES string of the molecule is COCCOc1cccc(NC(=O)c2ccc(-n3cc(C)cn3)cc2)c1. The Kier molecular flexibility index (Phi) is 5.66. The summed E-state index contributed by atoms with van der Waals surface area (Å²) in [5.74, 6) is 0.506. The van der Waals surface area contributed by atoms with Crippen LogP contribution in [0.3, 0.4) is 0 Å². The molecule has 0 aliphatic heterocycles. The van der Waals surface area contributed by atoms with Crippen LogP contribution < -0.4 is 10.1 Å². The van der Waals surface area contributed by atoms with Crippen LogP contribution in [0.2, 0.25) is 0 Å². The second kappa shape index (κ2) is 8.31. The molecule has 1 amide bonds. The van der Waals surface area contributed by atoms with E-state index in [1.165, 1.54) is 0 Å². The van der Waals surface area contributed by atoms with Crippen LogP contribution in [0.25, 0.3) is 5.69 Å². The van der Waals surface area contributed by atoms with Crippen LogP contribution >= 0.6 is 0 Å². The van der Waals surface area contributed by atoms with E-state index in [0.29, 0.717) is 30.2 Å². The van der Waals surface area contributed by atoms with Crippen LogP contribution in [0.15, 0.2) is 60.9 Å². The summed E-state index contributed by atoms with van der Waals surface area (Å²) in [6.07, 6.45) is 3.73. The molecular weight excluding hydrogens is 330 g/mol. The van der Waals surface area contributed by atoms with Gasteiger partial charge in [0.15, 0.2) is 0 Å². The largest absolute Gasteiger partial charge is 0.491 e. The summed E-state index contributed by atoms with van der Waals surface area (Å²) in [6.45, 7) is 2.96. The number of nitrogens with zero attached hydrogens (tertiary/aromatic N) is 2. The van der Waals surface area contributed by atoms with Crippen LogP contribution in [-0.2, 0) is 4.74 Å². The second-order valence-electron chi connectivity index (χ2n) is 5.83. The summed E-state index contributed by atoms with van der Waals surface area (Å²) in [5.41, 5.74) is 3.24. The van der Waals surface area contributed by atoms with Gasteiger partial charge in [0.25, 0.3) is 5.91 Å². The Morgan fingerprint density at radius 2 is 1.96 bits per heavy atom. The van der Waals surface area contributed by atoms with E-state index < -0.39 is 0 Å². The Morgan fingerprint density at radius 1 is 1.15 bits per heavy atom. The van der Waals surface area contributed by atoms with Gasteiger partial charge in [-0.05, 0) is 48.9 Å². The summed E-state index contributed by atoms with van der Waals surface area (Å²) in [6, 6.07) is 14.6. The van der Waals surface area contributed by atoms with Gasteiger partial charge in [-0.15, -0.1) is 0 Å². The number of anilines is 1. The van der Waals surface area contributed by atoms with Gasteiger partial charge in [-0.25, -0.2) is 4.68 Å². The molecule has 6 heteroatoms. The van der Waals surface area contributed by atoms with Gasteiger partial charge in [-0.2, -0.15) is 5.10 Å². The number of aryl methyl sites for hydroxylation is 1. The molecule has 0 fully saturated rings. The molecule has 0 radical (unpaired) electrons. The van der Waals surface area contributed by atoms with Crippen LogP contribution in [0, 0.1) is 6.92 Å². The summed E-state index contributed by atoms with van der Waals surface area (Å²) >= 11 is 0. The Hall–Kier alpha value is -3.12. The van der Waals surface area contributed by atoms with Gasteiger partial charge in [0, 0.05) is 30.6 Å². The third-order valence-electron chi connectivity index (χ3n) is 3.75. The highest BCUT2D eigenvalue weighted by atomic mass is 16.5. The molecule has 26 heavy (non-hydrogen) atoms. The first-order valence-electron chi connectivity index (χ1n) is 8.30. The number of carbonyl (C=O) groups is 1. The number of rotatable bonds is 7. The number of aromatic nitrogens is 2. The fourth-order valence-corrected chi connectivity index (χ4v) is 2.43. The van der Waals surface area contributed by atoms with E-state index in [4.69, 9.17) is 9.47 Å². The molecular formula is C20H21N3O3. The van der Waals surface area contributed by atoms with Crippen LogP contribution in [0.5, 0.6) is 5.75 Å². The minimum atomic E-state index is -0.178. The third kappa shape index (κ3) is 4.49. The zero-order chi connectivity index (χ0) is 18.4. The van der Waals surface area contributed by atoms with E-state index in [1.807, 2.05) is 43.5 Å². The van der Waals surface area contributed by atoms with Crippen LogP contribution in [0.4, 0.5) is 5.69 Å². The maximum atomic E-state index is 12.4. The lowest BCUT2D eigenvalue weighted by molar-refractivity contribution is 0.102. The number of benzene rings is 2. The molecule has 0 aliphatic rings. The van der Waals surface area contributed by atoms with Crippen LogP contribution in [-0.4, -0.2) is 36.0 Å². The zero-order valence-corrected chi connectivity index (χ0v) is 14.8. The molecule has 0 spiro atoms. The maximum Gasteiger partial charge on any atom is 0.255 e. The molecule has 0 saturated carbocycles. The van der Waals surface area contributed by atoms with Gasteiger partial charge in [0.1, 0.15) is 12.4 Å². The van der Waals surface area contributed by atoms with E-state index in [0.717, 1.165) is 11.3 Å². The lowest BCUT2D eigenvalue weighted by Crippen LogP contribution is -2.12. The highest BCUT2D eigenvalue weighted by Crippen LogP contribution is 2.18. The first-order valence-corrected chi connectivity index (χ1v) is 8.30. The van der Waals surface area contributed by atoms with Gasteiger partial charge in [0.2, 0.25) is 0 Å². The highest BCUT2D eigenvalue weighted by Gasteiger charge is 2.08. The lowest BCUT2D eigenvalue weighted by Gasteiger charge is -2.09. The lowest BCUT2D eigenvalue weighted by atomic mass is 10.2. The van der Waals surface area contributed by atoms with Gasteiger partial charge in [-0.1, -0.05) is 6.07 Å². The summed E-state index contributed by atoms with van der Waals surface area (Å²) in [4.78, 5) is 12.4. The van der Waals surface area contributed by atoms with Crippen molar-refractivity contribution in [3.05, 3.63) is 72.1 Å². The van der Waals surface area contributed by atoms with E-state index >= 15 is 0 Å². The van der Waals surface area contributed by atoms with E-state index in [-0.39, 0.29) is 5.91 Å². The average molecular weight is 351 g/mol. The fourth-order valence-electron chi connectivity index (χ4n) is 2.43. The van der Waals surface area contributed by atoms with Crippen molar-refractivity contribution in [3.8, 4) is 11.4 Å². The van der Waals surface area contributed by atoms with E-state index in [2.05, 4.69) is 10.4 Å². The molecule has 0 aliphatic carbocycles. The summed E-state index contributed by atoms with van der Waals surface area (Å²) in [5, 5.41) is 7.14. The molecule has 1 heterocycles. The van der Waals surface area contributed by atoms with Gasteiger partial charge < -0.3 is 14.8 Å². The molecule has 1 N–H and O–H groups in total. The molecule has 0 saturated heterocycles. The normalized spacial score (nSPS) is 10.5. The van der Waals surface area contributed by atoms with Crippen molar-refractivity contribution in [1.82, 2.24) is 9.78 Å². The molecule has 134 valence electrons. The molecule has 6 nitrogen and oxygen atoms in total. The Balaban J connectivity index is 1.65. The van der Waals surface area contributed by atoms with Crippen molar-refractivity contribution >= 4 is 11.6 Å². The highest BCUT2D eigenvalue weighted by molar-refractivity contribution is 6.04. The molecule has 0 unspecified atom stereocenters. The second-order valence-corrected chi connectivity index (χ2v) is 5.83. The maximum absolute atomic E-state index is 12.4. The summed E-state index contributed by atoms with van der Waals surface area (Å²) in [7, 11) is 1.62. The van der Waals surface area contributed by atoms with E-state index in [9.17, 15) is 4.79 Å². The standard InChI is InChI=1S/C20H21N3O3/c1-15-13-21-23(14-15)18-8-6-16(7-9-18)20(24)22-17-4-3-5-19(12-17)26-11-10-25-2/h3-9,12-14H,10-11H2,1-2H3,(H,22,24). The van der Waals surface area contributed by atoms with Crippen molar-refractivity contribution < 1.29 is 14.3 Å². The predicted molar refractivity (Wildman–Crippen MR) is 100 cm³/mol. The quantitative estimate of drug-likeness (QED) is 0.662. The van der Waals surface area contributed by atoms with E-state index in [1.54, 1.807) is 36.2 Å². The fraction of sp³-hybridized carbons (Fsp3) is 0.200. The number of methoxy groups -OCH3 is 1. The predicted octanol–water partition coefficient (Wildman–Crippen LogP) is 3.46. The topological polar surface area (TPSA) is 65.4 Å². The Labute approximate surface area is 152 Å². The summed E-state index contributed by atoms with van der Waals surface area (Å²) < 4.78 is 12.3. The number of nitrogens with one attached hydrogen (secondary N) is 1. The van der Waals surface area contributed by atoms with Crippen molar-refractivity contribution in [1.29, 1.82) is 0 Å². The van der Waals surface area contributed by atoms with Gasteiger partial charge >= 0.3 is 0 Å². The monoisotopic (exact) mass is 351 g/mol. The Bertz CT molecular complexity index is 872. The molecule has 3 rings (SSSR count). The first kappa shape index (κ1) is 17.7. The molecule has 0 atom stereocenters. The molecule has 2 aromatic carbocycles. The number of hydrogen-bond acceptors (Lipinski definition) is 4. The minimum Gasteiger partial charge on any atom is -0.491 e.